The predicted octanol–water partition coefficient (Wildman–Crippen LogP) is 2.98. The van der Waals surface area contributed by atoms with Crippen LogP contribution in [-0.4, -0.2) is 41.2 Å². The van der Waals surface area contributed by atoms with Gasteiger partial charge >= 0.3 is 5.97 Å². The van der Waals surface area contributed by atoms with Gasteiger partial charge < -0.3 is 15.2 Å². The van der Waals surface area contributed by atoms with Crippen LogP contribution >= 0.6 is 27.7 Å². The SMILES string of the molecule is CCOC(=O)c1cnc(SCC(=O)c2ccc(OC)c(Br)c2)nc1N. The molecule has 0 saturated carbocycles. The number of rotatable bonds is 7. The summed E-state index contributed by atoms with van der Waals surface area (Å²) in [6, 6.07) is 5.09. The van der Waals surface area contributed by atoms with Gasteiger partial charge in [0, 0.05) is 11.8 Å². The minimum atomic E-state index is -0.573. The van der Waals surface area contributed by atoms with Gasteiger partial charge in [0.15, 0.2) is 10.9 Å². The molecule has 0 radical (unpaired) electrons. The van der Waals surface area contributed by atoms with Crippen molar-refractivity contribution >= 4 is 45.3 Å². The van der Waals surface area contributed by atoms with E-state index in [-0.39, 0.29) is 29.5 Å². The highest BCUT2D eigenvalue weighted by Gasteiger charge is 2.15. The van der Waals surface area contributed by atoms with Gasteiger partial charge in [-0.15, -0.1) is 0 Å². The largest absolute Gasteiger partial charge is 0.496 e. The number of ketones is 1. The van der Waals surface area contributed by atoms with Crippen LogP contribution < -0.4 is 10.5 Å². The van der Waals surface area contributed by atoms with Crippen molar-refractivity contribution in [2.75, 3.05) is 25.2 Å². The molecule has 0 aliphatic rings. The fourth-order valence-corrected chi connectivity index (χ4v) is 3.12. The number of nitrogen functional groups attached to an aromatic ring is 1. The van der Waals surface area contributed by atoms with Gasteiger partial charge in [-0.25, -0.2) is 14.8 Å². The molecule has 1 aromatic carbocycles. The summed E-state index contributed by atoms with van der Waals surface area (Å²) in [5, 5.41) is 0.312. The smallest absolute Gasteiger partial charge is 0.343 e. The van der Waals surface area contributed by atoms with E-state index in [0.717, 1.165) is 11.8 Å². The van der Waals surface area contributed by atoms with Gasteiger partial charge in [-0.2, -0.15) is 0 Å². The summed E-state index contributed by atoms with van der Waals surface area (Å²) < 4.78 is 10.7. The van der Waals surface area contributed by atoms with Gasteiger partial charge in [-0.05, 0) is 41.1 Å². The van der Waals surface area contributed by atoms with Crippen LogP contribution in [0.15, 0.2) is 34.0 Å². The number of carbonyl (C=O) groups excluding carboxylic acids is 2. The summed E-state index contributed by atoms with van der Waals surface area (Å²) >= 11 is 4.48. The molecule has 2 N–H and O–H groups in total. The first kappa shape index (κ1) is 19.2. The number of methoxy groups -OCH3 is 1. The Kier molecular flexibility index (Phi) is 6.77. The van der Waals surface area contributed by atoms with E-state index in [1.54, 1.807) is 32.2 Å². The van der Waals surface area contributed by atoms with Crippen LogP contribution in [0, 0.1) is 0 Å². The third kappa shape index (κ3) is 4.93. The molecule has 0 unspecified atom stereocenters. The Morgan fingerprint density at radius 1 is 1.36 bits per heavy atom. The highest BCUT2D eigenvalue weighted by molar-refractivity contribution is 9.10. The topological polar surface area (TPSA) is 104 Å². The van der Waals surface area contributed by atoms with E-state index in [9.17, 15) is 9.59 Å². The van der Waals surface area contributed by atoms with Gasteiger partial charge in [0.05, 0.1) is 23.9 Å². The molecule has 0 bridgehead atoms. The number of benzene rings is 1. The number of thioether (sulfide) groups is 1. The number of carbonyl (C=O) groups is 2. The molecule has 0 atom stereocenters. The summed E-state index contributed by atoms with van der Waals surface area (Å²) in [6.45, 7) is 1.93. The number of aromatic nitrogens is 2. The fraction of sp³-hybridized carbons (Fsp3) is 0.250. The fourth-order valence-electron chi connectivity index (χ4n) is 1.87. The molecule has 0 aliphatic carbocycles. The summed E-state index contributed by atoms with van der Waals surface area (Å²) in [7, 11) is 1.55. The molecule has 0 fully saturated rings. The lowest BCUT2D eigenvalue weighted by Gasteiger charge is -2.07. The number of halogens is 1. The number of Topliss-reactive ketones (excluding diaryl/α,β-unsaturated/α-hetero) is 1. The number of nitrogens with two attached hydrogens (primary N) is 1. The van der Waals surface area contributed by atoms with Crippen LogP contribution in [0.3, 0.4) is 0 Å². The Bertz CT molecular complexity index is 801. The van der Waals surface area contributed by atoms with Crippen molar-refractivity contribution in [2.45, 2.75) is 12.1 Å². The van der Waals surface area contributed by atoms with Gasteiger partial charge in [0.1, 0.15) is 17.1 Å². The molecule has 9 heteroatoms. The molecule has 0 spiro atoms. The molecule has 0 aliphatic heterocycles. The highest BCUT2D eigenvalue weighted by Crippen LogP contribution is 2.26. The van der Waals surface area contributed by atoms with E-state index >= 15 is 0 Å². The predicted molar refractivity (Wildman–Crippen MR) is 98.1 cm³/mol. The second-order valence-electron chi connectivity index (χ2n) is 4.73. The molecule has 2 rings (SSSR count). The molecule has 1 heterocycles. The van der Waals surface area contributed by atoms with E-state index in [4.69, 9.17) is 15.2 Å². The molecule has 1 aromatic heterocycles. The summed E-state index contributed by atoms with van der Waals surface area (Å²) in [5.41, 5.74) is 6.40. The maximum Gasteiger partial charge on any atom is 0.343 e. The Labute approximate surface area is 157 Å². The van der Waals surface area contributed by atoms with Crippen LogP contribution in [-0.2, 0) is 4.74 Å². The normalized spacial score (nSPS) is 10.4. The third-order valence-electron chi connectivity index (χ3n) is 3.10. The number of hydrogen-bond acceptors (Lipinski definition) is 8. The first-order valence-corrected chi connectivity index (χ1v) is 9.03. The second-order valence-corrected chi connectivity index (χ2v) is 6.53. The van der Waals surface area contributed by atoms with Crippen molar-refractivity contribution in [3.63, 3.8) is 0 Å². The zero-order chi connectivity index (χ0) is 18.4. The number of hydrogen-bond donors (Lipinski definition) is 1. The first-order chi connectivity index (χ1) is 12.0. The van der Waals surface area contributed by atoms with Crippen molar-refractivity contribution < 1.29 is 19.1 Å². The Balaban J connectivity index is 2.03. The average molecular weight is 426 g/mol. The maximum atomic E-state index is 12.3. The number of anilines is 1. The lowest BCUT2D eigenvalue weighted by Crippen LogP contribution is -2.11. The Hall–Kier alpha value is -2.13. The summed E-state index contributed by atoms with van der Waals surface area (Å²) in [4.78, 5) is 32.0. The van der Waals surface area contributed by atoms with E-state index < -0.39 is 5.97 Å². The quantitative estimate of drug-likeness (QED) is 0.312. The summed E-state index contributed by atoms with van der Waals surface area (Å²) in [6.07, 6.45) is 1.30. The van der Waals surface area contributed by atoms with Gasteiger partial charge in [-0.1, -0.05) is 11.8 Å². The van der Waals surface area contributed by atoms with Gasteiger partial charge in [-0.3, -0.25) is 4.79 Å². The molecule has 7 nitrogen and oxygen atoms in total. The lowest BCUT2D eigenvalue weighted by molar-refractivity contribution is 0.0526. The Morgan fingerprint density at radius 2 is 2.12 bits per heavy atom. The van der Waals surface area contributed by atoms with E-state index in [1.165, 1.54) is 6.20 Å². The lowest BCUT2D eigenvalue weighted by atomic mass is 10.1. The first-order valence-electron chi connectivity index (χ1n) is 7.25. The maximum absolute atomic E-state index is 12.3. The molecule has 0 amide bonds. The molecular weight excluding hydrogens is 410 g/mol. The standard InChI is InChI=1S/C16H16BrN3O4S/c1-3-24-15(22)10-7-19-16(20-14(10)18)25-8-12(21)9-4-5-13(23-2)11(17)6-9/h4-7H,3,8H2,1-2H3,(H2,18,19,20). The molecule has 0 saturated heterocycles. The zero-order valence-corrected chi connectivity index (χ0v) is 16.0. The van der Waals surface area contributed by atoms with Crippen LogP contribution in [0.4, 0.5) is 5.82 Å². The minimum absolute atomic E-state index is 0.0237. The molecule has 132 valence electrons. The van der Waals surface area contributed by atoms with Crippen molar-refractivity contribution in [3.8, 4) is 5.75 Å². The molecule has 25 heavy (non-hydrogen) atoms. The number of nitrogens with zero attached hydrogens (tertiary/aromatic N) is 2. The van der Waals surface area contributed by atoms with Crippen molar-refractivity contribution in [1.29, 1.82) is 0 Å². The van der Waals surface area contributed by atoms with Crippen LogP contribution in [0.25, 0.3) is 0 Å². The zero-order valence-electron chi connectivity index (χ0n) is 13.6. The average Bonchev–Trinajstić information content (AvgIpc) is 2.59. The van der Waals surface area contributed by atoms with Crippen molar-refractivity contribution in [3.05, 3.63) is 40.0 Å². The van der Waals surface area contributed by atoms with Gasteiger partial charge in [0.2, 0.25) is 0 Å². The number of ether oxygens (including phenoxy) is 2. The van der Waals surface area contributed by atoms with Gasteiger partial charge in [0.25, 0.3) is 0 Å². The second kappa shape index (κ2) is 8.82. The van der Waals surface area contributed by atoms with Crippen LogP contribution in [0.1, 0.15) is 27.6 Å². The van der Waals surface area contributed by atoms with Crippen molar-refractivity contribution in [2.24, 2.45) is 0 Å². The number of esters is 1. The highest BCUT2D eigenvalue weighted by atomic mass is 79.9. The van der Waals surface area contributed by atoms with Crippen molar-refractivity contribution in [1.82, 2.24) is 9.97 Å². The van der Waals surface area contributed by atoms with E-state index in [1.807, 2.05) is 0 Å². The third-order valence-corrected chi connectivity index (χ3v) is 4.58. The van der Waals surface area contributed by atoms with Crippen LogP contribution in [0.2, 0.25) is 0 Å². The van der Waals surface area contributed by atoms with E-state index in [0.29, 0.717) is 20.9 Å². The molecular formula is C16H16BrN3O4S. The van der Waals surface area contributed by atoms with E-state index in [2.05, 4.69) is 25.9 Å². The minimum Gasteiger partial charge on any atom is -0.496 e. The Morgan fingerprint density at radius 3 is 2.72 bits per heavy atom. The molecule has 2 aromatic rings. The summed E-state index contributed by atoms with van der Waals surface area (Å²) in [5.74, 6) is 0.142. The van der Waals surface area contributed by atoms with Crippen LogP contribution in [0.5, 0.6) is 5.75 Å². The monoisotopic (exact) mass is 425 g/mol.